The first-order valence-corrected chi connectivity index (χ1v) is 11.1. The van der Waals surface area contributed by atoms with Gasteiger partial charge in [-0.2, -0.15) is 8.78 Å². The second kappa shape index (κ2) is 9.46. The van der Waals surface area contributed by atoms with E-state index in [9.17, 15) is 39.5 Å². The molecule has 2 atom stereocenters. The first-order valence-electron chi connectivity index (χ1n) is 11.1. The zero-order valence-corrected chi connectivity index (χ0v) is 19.4. The van der Waals surface area contributed by atoms with Crippen LogP contribution in [0.15, 0.2) is 60.2 Å². The van der Waals surface area contributed by atoms with E-state index in [-0.39, 0.29) is 17.7 Å². The molecule has 0 saturated heterocycles. The molecule has 1 aliphatic carbocycles. The molecule has 0 radical (unpaired) electrons. The lowest BCUT2D eigenvalue weighted by molar-refractivity contribution is -0.187. The Bertz CT molecular complexity index is 1360. The van der Waals surface area contributed by atoms with E-state index in [4.69, 9.17) is 0 Å². The Balaban J connectivity index is 1.64. The molecular formula is C27H19F9O. The second-order valence-corrected chi connectivity index (χ2v) is 9.12. The molecule has 37 heavy (non-hydrogen) atoms. The monoisotopic (exact) mass is 530 g/mol. The van der Waals surface area contributed by atoms with Crippen LogP contribution in [-0.4, -0.2) is 0 Å². The maximum atomic E-state index is 14.8. The Hall–Kier alpha value is -3.43. The molecule has 1 unspecified atom stereocenters. The van der Waals surface area contributed by atoms with Gasteiger partial charge in [-0.15, -0.1) is 0 Å². The second-order valence-electron chi connectivity index (χ2n) is 9.12. The summed E-state index contributed by atoms with van der Waals surface area (Å²) in [7, 11) is 0. The summed E-state index contributed by atoms with van der Waals surface area (Å²) in [6.45, 7) is 3.10. The SMILES string of the molecule is CC1CC[C@](C)(c2ccc(-c3ccc(C(F)(F)Oc4cc(F)c(F)c(F)c4)c(F)c3F)cc2)C(F)=C1F. The Morgan fingerprint density at radius 2 is 1.41 bits per heavy atom. The van der Waals surface area contributed by atoms with Gasteiger partial charge in [-0.25, -0.2) is 30.7 Å². The average molecular weight is 530 g/mol. The number of alkyl halides is 2. The van der Waals surface area contributed by atoms with E-state index in [1.807, 2.05) is 0 Å². The van der Waals surface area contributed by atoms with Crippen LogP contribution in [0.1, 0.15) is 37.8 Å². The Morgan fingerprint density at radius 1 is 0.811 bits per heavy atom. The molecule has 0 saturated carbocycles. The van der Waals surface area contributed by atoms with Crippen LogP contribution in [0, 0.1) is 35.0 Å². The molecule has 0 bridgehead atoms. The fourth-order valence-electron chi connectivity index (χ4n) is 4.30. The van der Waals surface area contributed by atoms with Gasteiger partial charge >= 0.3 is 6.11 Å². The third kappa shape index (κ3) is 4.69. The van der Waals surface area contributed by atoms with Crippen LogP contribution >= 0.6 is 0 Å². The van der Waals surface area contributed by atoms with Crippen molar-refractivity contribution in [1.82, 2.24) is 0 Å². The number of benzene rings is 3. The van der Waals surface area contributed by atoms with Crippen molar-refractivity contribution in [3.63, 3.8) is 0 Å². The van der Waals surface area contributed by atoms with Gasteiger partial charge in [-0.05, 0) is 37.0 Å². The molecule has 1 aliphatic rings. The third-order valence-electron chi connectivity index (χ3n) is 6.64. The van der Waals surface area contributed by atoms with Crippen LogP contribution < -0.4 is 4.74 Å². The number of rotatable bonds is 5. The van der Waals surface area contributed by atoms with Crippen LogP contribution in [0.4, 0.5) is 39.5 Å². The molecule has 3 aromatic carbocycles. The zero-order chi connectivity index (χ0) is 27.3. The van der Waals surface area contributed by atoms with Crippen molar-refractivity contribution in [2.45, 2.75) is 38.2 Å². The summed E-state index contributed by atoms with van der Waals surface area (Å²) in [5, 5.41) is 0. The minimum atomic E-state index is -4.58. The predicted octanol–water partition coefficient (Wildman–Crippen LogP) is 9.02. The number of halogens is 9. The Labute approximate surface area is 206 Å². The smallest absolute Gasteiger partial charge is 0.429 e. The van der Waals surface area contributed by atoms with Crippen molar-refractivity contribution in [2.24, 2.45) is 5.92 Å². The van der Waals surface area contributed by atoms with Crippen molar-refractivity contribution >= 4 is 0 Å². The minimum Gasteiger partial charge on any atom is -0.429 e. The molecule has 0 heterocycles. The van der Waals surface area contributed by atoms with Crippen LogP contribution in [0.3, 0.4) is 0 Å². The van der Waals surface area contributed by atoms with Crippen molar-refractivity contribution in [1.29, 1.82) is 0 Å². The molecule has 196 valence electrons. The summed E-state index contributed by atoms with van der Waals surface area (Å²) in [4.78, 5) is 0. The normalized spacial score (nSPS) is 20.4. The molecule has 3 aromatic rings. The van der Waals surface area contributed by atoms with Gasteiger partial charge in [-0.3, -0.25) is 0 Å². The fourth-order valence-corrected chi connectivity index (χ4v) is 4.30. The van der Waals surface area contributed by atoms with Crippen molar-refractivity contribution in [3.05, 3.63) is 100 Å². The molecule has 0 spiro atoms. The maximum absolute atomic E-state index is 14.8. The number of allylic oxidation sites excluding steroid dienone is 2. The molecule has 0 aromatic heterocycles. The highest BCUT2D eigenvalue weighted by atomic mass is 19.3. The number of hydrogen-bond donors (Lipinski definition) is 0. The molecule has 10 heteroatoms. The summed E-state index contributed by atoms with van der Waals surface area (Å²) >= 11 is 0. The van der Waals surface area contributed by atoms with E-state index in [2.05, 4.69) is 4.74 Å². The highest BCUT2D eigenvalue weighted by molar-refractivity contribution is 5.65. The van der Waals surface area contributed by atoms with Gasteiger partial charge in [0.1, 0.15) is 23.0 Å². The van der Waals surface area contributed by atoms with E-state index in [0.717, 1.165) is 6.07 Å². The standard InChI is InChI=1S/C27H19F9O/c1-13-9-10-26(2,25(34)21(13)30)15-5-3-14(4-6-15)17-7-8-18(23(32)22(17)31)27(35,36)37-16-11-19(28)24(33)20(29)12-16/h3-8,11-13H,9-10H2,1-2H3/t13?,26-/m1/s1. The van der Waals surface area contributed by atoms with Crippen molar-refractivity contribution in [3.8, 4) is 16.9 Å². The summed E-state index contributed by atoms with van der Waals surface area (Å²) in [6.07, 6.45) is -3.85. The average Bonchev–Trinajstić information content (AvgIpc) is 2.85. The summed E-state index contributed by atoms with van der Waals surface area (Å²) in [5.41, 5.74) is -2.76. The van der Waals surface area contributed by atoms with E-state index in [1.54, 1.807) is 6.92 Å². The zero-order valence-electron chi connectivity index (χ0n) is 19.4. The van der Waals surface area contributed by atoms with E-state index in [0.29, 0.717) is 24.5 Å². The summed E-state index contributed by atoms with van der Waals surface area (Å²) in [5.74, 6) is -12.6. The van der Waals surface area contributed by atoms with E-state index < -0.39 is 75.1 Å². The van der Waals surface area contributed by atoms with Gasteiger partial charge in [0.05, 0.1) is 0 Å². The molecule has 0 N–H and O–H groups in total. The molecule has 0 aliphatic heterocycles. The topological polar surface area (TPSA) is 9.23 Å². The van der Waals surface area contributed by atoms with Crippen LogP contribution in [0.2, 0.25) is 0 Å². The molecule has 0 amide bonds. The molecular weight excluding hydrogens is 511 g/mol. The first kappa shape index (κ1) is 26.6. The van der Waals surface area contributed by atoms with Crippen molar-refractivity contribution in [2.75, 3.05) is 0 Å². The van der Waals surface area contributed by atoms with Crippen LogP contribution in [-0.2, 0) is 11.5 Å². The summed E-state index contributed by atoms with van der Waals surface area (Å²) < 4.78 is 131. The Kier molecular flexibility index (Phi) is 6.81. The lowest BCUT2D eigenvalue weighted by Crippen LogP contribution is -2.29. The molecule has 4 rings (SSSR count). The highest BCUT2D eigenvalue weighted by Gasteiger charge is 2.41. The Morgan fingerprint density at radius 3 is 2.00 bits per heavy atom. The van der Waals surface area contributed by atoms with Crippen LogP contribution in [0.5, 0.6) is 5.75 Å². The minimum absolute atomic E-state index is 0.0660. The highest BCUT2D eigenvalue weighted by Crippen LogP contribution is 2.46. The van der Waals surface area contributed by atoms with Gasteiger partial charge in [0.25, 0.3) is 0 Å². The quantitative estimate of drug-likeness (QED) is 0.236. The molecule has 1 nitrogen and oxygen atoms in total. The fraction of sp³-hybridized carbons (Fsp3) is 0.259. The number of ether oxygens (including phenoxy) is 1. The lowest BCUT2D eigenvalue weighted by Gasteiger charge is -2.34. The molecule has 0 fully saturated rings. The van der Waals surface area contributed by atoms with Crippen molar-refractivity contribution < 1.29 is 44.3 Å². The van der Waals surface area contributed by atoms with Gasteiger partial charge in [0.15, 0.2) is 29.1 Å². The predicted molar refractivity (Wildman–Crippen MR) is 118 cm³/mol. The number of hydrogen-bond acceptors (Lipinski definition) is 1. The van der Waals surface area contributed by atoms with Gasteiger partial charge in [-0.1, -0.05) is 37.3 Å². The first-order chi connectivity index (χ1) is 17.3. The van der Waals surface area contributed by atoms with Crippen LogP contribution in [0.25, 0.3) is 11.1 Å². The third-order valence-corrected chi connectivity index (χ3v) is 6.64. The lowest BCUT2D eigenvalue weighted by atomic mass is 9.71. The van der Waals surface area contributed by atoms with Gasteiger partial charge in [0, 0.05) is 29.0 Å². The van der Waals surface area contributed by atoms with E-state index >= 15 is 0 Å². The maximum Gasteiger partial charge on any atom is 0.429 e. The largest absolute Gasteiger partial charge is 0.429 e. The van der Waals surface area contributed by atoms with Gasteiger partial charge < -0.3 is 4.74 Å². The summed E-state index contributed by atoms with van der Waals surface area (Å²) in [6, 6.07) is 7.11. The van der Waals surface area contributed by atoms with Gasteiger partial charge in [0.2, 0.25) is 0 Å². The van der Waals surface area contributed by atoms with E-state index in [1.165, 1.54) is 31.2 Å².